The Morgan fingerprint density at radius 3 is 2.91 bits per heavy atom. The average molecular weight is 312 g/mol. The Bertz CT molecular complexity index is 908. The van der Waals surface area contributed by atoms with Gasteiger partial charge in [-0.05, 0) is 25.8 Å². The molecule has 0 spiro atoms. The zero-order valence-corrected chi connectivity index (χ0v) is 13.3. The maximum absolute atomic E-state index is 12.3. The summed E-state index contributed by atoms with van der Waals surface area (Å²) >= 11 is 1.47. The summed E-state index contributed by atoms with van der Waals surface area (Å²) in [4.78, 5) is 32.2. The molecule has 3 rings (SSSR count). The van der Waals surface area contributed by atoms with Crippen LogP contribution < -0.4 is 5.56 Å². The second-order valence-corrected chi connectivity index (χ2v) is 6.46. The van der Waals surface area contributed by atoms with Crippen LogP contribution in [0.5, 0.6) is 0 Å². The lowest BCUT2D eigenvalue weighted by Crippen LogP contribution is -2.16. The third-order valence-corrected chi connectivity index (χ3v) is 4.53. The van der Waals surface area contributed by atoms with E-state index in [2.05, 4.69) is 16.0 Å². The SMILES string of the molecule is Cc1cccc(CCC(=O)c2nc3csc(C)c3c(=O)[nH]2)c1. The Morgan fingerprint density at radius 2 is 2.14 bits per heavy atom. The van der Waals surface area contributed by atoms with Crippen LogP contribution in [0.4, 0.5) is 0 Å². The van der Waals surface area contributed by atoms with Gasteiger partial charge < -0.3 is 4.98 Å². The number of hydrogen-bond acceptors (Lipinski definition) is 4. The van der Waals surface area contributed by atoms with Gasteiger partial charge in [0.1, 0.15) is 0 Å². The number of nitrogens with zero attached hydrogens (tertiary/aromatic N) is 1. The van der Waals surface area contributed by atoms with Gasteiger partial charge in [0.25, 0.3) is 5.56 Å². The van der Waals surface area contributed by atoms with Crippen molar-refractivity contribution in [3.05, 3.63) is 61.8 Å². The number of aromatic nitrogens is 2. The number of aromatic amines is 1. The van der Waals surface area contributed by atoms with Gasteiger partial charge in [-0.3, -0.25) is 9.59 Å². The predicted octanol–water partition coefficient (Wildman–Crippen LogP) is 3.42. The van der Waals surface area contributed by atoms with Crippen molar-refractivity contribution in [2.75, 3.05) is 0 Å². The van der Waals surface area contributed by atoms with E-state index in [9.17, 15) is 9.59 Å². The molecule has 1 aromatic carbocycles. The van der Waals surface area contributed by atoms with Crippen molar-refractivity contribution in [2.45, 2.75) is 26.7 Å². The van der Waals surface area contributed by atoms with Crippen molar-refractivity contribution >= 4 is 28.0 Å². The summed E-state index contributed by atoms with van der Waals surface area (Å²) in [6.45, 7) is 3.90. The summed E-state index contributed by atoms with van der Waals surface area (Å²) in [5, 5.41) is 2.40. The van der Waals surface area contributed by atoms with E-state index in [1.165, 1.54) is 16.9 Å². The second-order valence-electron chi connectivity index (χ2n) is 5.38. The van der Waals surface area contributed by atoms with E-state index in [1.807, 2.05) is 37.4 Å². The Balaban J connectivity index is 1.82. The van der Waals surface area contributed by atoms with E-state index in [0.29, 0.717) is 23.7 Å². The summed E-state index contributed by atoms with van der Waals surface area (Å²) < 4.78 is 0. The van der Waals surface area contributed by atoms with Gasteiger partial charge >= 0.3 is 0 Å². The van der Waals surface area contributed by atoms with Crippen LogP contribution in [0.2, 0.25) is 0 Å². The molecule has 0 aliphatic heterocycles. The fraction of sp³-hybridized carbons (Fsp3) is 0.235. The highest BCUT2D eigenvalue weighted by atomic mass is 32.1. The Kier molecular flexibility index (Phi) is 3.90. The Morgan fingerprint density at radius 1 is 1.32 bits per heavy atom. The molecule has 0 fully saturated rings. The molecule has 112 valence electrons. The molecular formula is C17H16N2O2S. The second kappa shape index (κ2) is 5.85. The molecule has 0 aliphatic rings. The van der Waals surface area contributed by atoms with E-state index in [0.717, 1.165) is 10.4 Å². The third-order valence-electron chi connectivity index (χ3n) is 3.63. The van der Waals surface area contributed by atoms with Crippen LogP contribution in [0.1, 0.15) is 33.0 Å². The minimum atomic E-state index is -0.234. The number of Topliss-reactive ketones (excluding diaryl/α,β-unsaturated/α-hetero) is 1. The van der Waals surface area contributed by atoms with E-state index in [-0.39, 0.29) is 17.2 Å². The normalized spacial score (nSPS) is 11.0. The van der Waals surface area contributed by atoms with E-state index >= 15 is 0 Å². The van der Waals surface area contributed by atoms with Crippen molar-refractivity contribution in [3.8, 4) is 0 Å². The van der Waals surface area contributed by atoms with Gasteiger partial charge in [0.2, 0.25) is 0 Å². The number of ketones is 1. The van der Waals surface area contributed by atoms with E-state index in [1.54, 1.807) is 0 Å². The third kappa shape index (κ3) is 2.85. The molecule has 0 radical (unpaired) electrons. The molecule has 0 unspecified atom stereocenters. The maximum Gasteiger partial charge on any atom is 0.260 e. The molecule has 2 aromatic heterocycles. The number of nitrogens with one attached hydrogen (secondary N) is 1. The van der Waals surface area contributed by atoms with Crippen LogP contribution in [0.3, 0.4) is 0 Å². The van der Waals surface area contributed by atoms with Crippen LogP contribution in [0, 0.1) is 13.8 Å². The molecule has 3 aromatic rings. The lowest BCUT2D eigenvalue weighted by Gasteiger charge is -2.03. The molecule has 0 bridgehead atoms. The van der Waals surface area contributed by atoms with Crippen LogP contribution in [0.25, 0.3) is 10.9 Å². The van der Waals surface area contributed by atoms with Gasteiger partial charge in [-0.1, -0.05) is 29.8 Å². The van der Waals surface area contributed by atoms with Gasteiger partial charge in [0.15, 0.2) is 11.6 Å². The highest BCUT2D eigenvalue weighted by Gasteiger charge is 2.13. The van der Waals surface area contributed by atoms with Gasteiger partial charge in [-0.15, -0.1) is 11.3 Å². The number of benzene rings is 1. The summed E-state index contributed by atoms with van der Waals surface area (Å²) in [6, 6.07) is 8.07. The highest BCUT2D eigenvalue weighted by Crippen LogP contribution is 2.19. The van der Waals surface area contributed by atoms with E-state index < -0.39 is 0 Å². The van der Waals surface area contributed by atoms with Crippen molar-refractivity contribution in [1.29, 1.82) is 0 Å². The summed E-state index contributed by atoms with van der Waals surface area (Å²) in [5.41, 5.74) is 2.66. The number of hydrogen-bond donors (Lipinski definition) is 1. The van der Waals surface area contributed by atoms with Crippen LogP contribution in [-0.2, 0) is 6.42 Å². The van der Waals surface area contributed by atoms with Gasteiger partial charge in [0, 0.05) is 16.7 Å². The first-order valence-electron chi connectivity index (χ1n) is 7.11. The molecule has 0 aliphatic carbocycles. The number of aryl methyl sites for hydroxylation is 3. The molecular weight excluding hydrogens is 296 g/mol. The summed E-state index contributed by atoms with van der Waals surface area (Å²) in [7, 11) is 0. The smallest absolute Gasteiger partial charge is 0.260 e. The van der Waals surface area contributed by atoms with Crippen LogP contribution in [-0.4, -0.2) is 15.8 Å². The zero-order chi connectivity index (χ0) is 15.7. The Labute approximate surface area is 131 Å². The standard InChI is InChI=1S/C17H16N2O2S/c1-10-4-3-5-12(8-10)6-7-14(20)16-18-13-9-22-11(2)15(13)17(21)19-16/h3-5,8-9H,6-7H2,1-2H3,(H,18,19,21). The maximum atomic E-state index is 12.3. The molecule has 1 N–H and O–H groups in total. The largest absolute Gasteiger partial charge is 0.303 e. The number of carbonyl (C=O) groups excluding carboxylic acids is 1. The average Bonchev–Trinajstić information content (AvgIpc) is 2.86. The summed E-state index contributed by atoms with van der Waals surface area (Å²) in [6.07, 6.45) is 0.978. The molecule has 2 heterocycles. The van der Waals surface area contributed by atoms with Gasteiger partial charge in [-0.25, -0.2) is 4.98 Å². The zero-order valence-electron chi connectivity index (χ0n) is 12.5. The first kappa shape index (κ1) is 14.7. The molecule has 0 saturated carbocycles. The number of H-pyrrole nitrogens is 1. The van der Waals surface area contributed by atoms with Crippen LogP contribution >= 0.6 is 11.3 Å². The minimum Gasteiger partial charge on any atom is -0.303 e. The van der Waals surface area contributed by atoms with Crippen molar-refractivity contribution in [1.82, 2.24) is 9.97 Å². The fourth-order valence-corrected chi connectivity index (χ4v) is 3.27. The quantitative estimate of drug-likeness (QED) is 0.751. The molecule has 0 amide bonds. The van der Waals surface area contributed by atoms with Crippen LogP contribution in [0.15, 0.2) is 34.4 Å². The number of carbonyl (C=O) groups is 1. The Hall–Kier alpha value is -2.27. The highest BCUT2D eigenvalue weighted by molar-refractivity contribution is 7.11. The predicted molar refractivity (Wildman–Crippen MR) is 88.8 cm³/mol. The van der Waals surface area contributed by atoms with E-state index in [4.69, 9.17) is 0 Å². The number of thiophene rings is 1. The summed E-state index contributed by atoms with van der Waals surface area (Å²) in [5.74, 6) is 0.0207. The fourth-order valence-electron chi connectivity index (χ4n) is 2.50. The molecule has 5 heteroatoms. The molecule has 0 saturated heterocycles. The molecule has 4 nitrogen and oxygen atoms in total. The first-order chi connectivity index (χ1) is 10.5. The molecule has 0 atom stereocenters. The van der Waals surface area contributed by atoms with Gasteiger partial charge in [0.05, 0.1) is 10.9 Å². The molecule has 22 heavy (non-hydrogen) atoms. The van der Waals surface area contributed by atoms with Crippen molar-refractivity contribution in [2.24, 2.45) is 0 Å². The number of fused-ring (bicyclic) bond motifs is 1. The first-order valence-corrected chi connectivity index (χ1v) is 7.99. The lowest BCUT2D eigenvalue weighted by atomic mass is 10.1. The number of rotatable bonds is 4. The topological polar surface area (TPSA) is 62.8 Å². The van der Waals surface area contributed by atoms with Crippen molar-refractivity contribution < 1.29 is 4.79 Å². The van der Waals surface area contributed by atoms with Crippen molar-refractivity contribution in [3.63, 3.8) is 0 Å². The van der Waals surface area contributed by atoms with Gasteiger partial charge in [-0.2, -0.15) is 0 Å². The minimum absolute atomic E-state index is 0.135. The monoisotopic (exact) mass is 312 g/mol. The lowest BCUT2D eigenvalue weighted by molar-refractivity contribution is 0.0973.